The normalized spacial score (nSPS) is 11.8. The Morgan fingerprint density at radius 1 is 0.920 bits per heavy atom. The molecule has 0 aliphatic heterocycles. The van der Waals surface area contributed by atoms with Gasteiger partial charge in [-0.1, -0.05) is 62.2 Å². The molecule has 0 aromatic heterocycles. The van der Waals surface area contributed by atoms with Crippen LogP contribution in [0.2, 0.25) is 0 Å². The molecule has 0 saturated carbocycles. The quantitative estimate of drug-likeness (QED) is 0.129. The molecule has 0 amide bonds. The molecule has 0 rings (SSSR count). The molecular formula is C19H36N2O4. The third kappa shape index (κ3) is 17.0. The Bertz CT molecular complexity index is 370. The molecule has 6 nitrogen and oxygen atoms in total. The van der Waals surface area contributed by atoms with Crippen molar-refractivity contribution < 1.29 is 19.6 Å². The van der Waals surface area contributed by atoms with Crippen LogP contribution in [0.3, 0.4) is 0 Å². The largest absolute Gasteiger partial charge is 0.469 e. The van der Waals surface area contributed by atoms with Gasteiger partial charge in [0, 0.05) is 6.42 Å². The number of rotatable bonds is 17. The van der Waals surface area contributed by atoms with Crippen LogP contribution in [0, 0.1) is 0 Å². The summed E-state index contributed by atoms with van der Waals surface area (Å²) in [5.41, 5.74) is 0.669. The molecule has 0 fully saturated rings. The lowest BCUT2D eigenvalue weighted by Crippen LogP contribution is -2.03. The molecule has 146 valence electrons. The van der Waals surface area contributed by atoms with E-state index < -0.39 is 0 Å². The Morgan fingerprint density at radius 2 is 1.52 bits per heavy atom. The second-order valence-corrected chi connectivity index (χ2v) is 6.27. The van der Waals surface area contributed by atoms with E-state index in [0.717, 1.165) is 44.9 Å². The zero-order valence-corrected chi connectivity index (χ0v) is 16.0. The van der Waals surface area contributed by atoms with Gasteiger partial charge in [-0.3, -0.25) is 4.79 Å². The van der Waals surface area contributed by atoms with Gasteiger partial charge in [-0.15, -0.1) is 0 Å². The lowest BCUT2D eigenvalue weighted by Gasteiger charge is -2.04. The molecule has 0 spiro atoms. The molecule has 0 bridgehead atoms. The van der Waals surface area contributed by atoms with E-state index in [4.69, 9.17) is 10.0 Å². The Labute approximate surface area is 152 Å². The van der Waals surface area contributed by atoms with Gasteiger partial charge in [-0.25, -0.2) is 0 Å². The molecule has 0 aliphatic rings. The maximum atomic E-state index is 11.0. The predicted molar refractivity (Wildman–Crippen MR) is 101 cm³/mol. The van der Waals surface area contributed by atoms with E-state index in [2.05, 4.69) is 22.0 Å². The van der Waals surface area contributed by atoms with Gasteiger partial charge in [0.2, 0.25) is 0 Å². The number of oxime groups is 2. The van der Waals surface area contributed by atoms with E-state index in [1.54, 1.807) is 0 Å². The summed E-state index contributed by atoms with van der Waals surface area (Å²) in [6.45, 7) is 2.83. The van der Waals surface area contributed by atoms with Gasteiger partial charge in [-0.2, -0.15) is 0 Å². The third-order valence-electron chi connectivity index (χ3n) is 4.02. The fourth-order valence-electron chi connectivity index (χ4n) is 2.48. The first kappa shape index (κ1) is 23.4. The van der Waals surface area contributed by atoms with Crippen molar-refractivity contribution in [2.75, 3.05) is 13.7 Å². The van der Waals surface area contributed by atoms with E-state index in [-0.39, 0.29) is 5.97 Å². The first-order chi connectivity index (χ1) is 12.2. The Hall–Kier alpha value is -1.59. The van der Waals surface area contributed by atoms with Crippen LogP contribution >= 0.6 is 0 Å². The van der Waals surface area contributed by atoms with E-state index in [1.165, 1.54) is 45.4 Å². The van der Waals surface area contributed by atoms with Crippen LogP contribution < -0.4 is 0 Å². The highest BCUT2D eigenvalue weighted by Gasteiger charge is 2.01. The van der Waals surface area contributed by atoms with Crippen molar-refractivity contribution in [2.45, 2.75) is 90.4 Å². The minimum Gasteiger partial charge on any atom is -0.469 e. The molecule has 6 heteroatoms. The van der Waals surface area contributed by atoms with Crippen molar-refractivity contribution in [3.05, 3.63) is 0 Å². The monoisotopic (exact) mass is 356 g/mol. The molecule has 25 heavy (non-hydrogen) atoms. The first-order valence-corrected chi connectivity index (χ1v) is 9.67. The van der Waals surface area contributed by atoms with Gasteiger partial charge >= 0.3 is 5.97 Å². The number of hydrogen-bond acceptors (Lipinski definition) is 6. The second kappa shape index (κ2) is 18.7. The lowest BCUT2D eigenvalue weighted by atomic mass is 10.1. The van der Waals surface area contributed by atoms with Gasteiger partial charge in [0.1, 0.15) is 12.3 Å². The summed E-state index contributed by atoms with van der Waals surface area (Å²) in [4.78, 5) is 16.3. The summed E-state index contributed by atoms with van der Waals surface area (Å²) >= 11 is 0. The van der Waals surface area contributed by atoms with Crippen LogP contribution in [-0.2, 0) is 14.4 Å². The van der Waals surface area contributed by atoms with Crippen LogP contribution in [0.15, 0.2) is 10.3 Å². The highest BCUT2D eigenvalue weighted by atomic mass is 16.6. The van der Waals surface area contributed by atoms with E-state index >= 15 is 0 Å². The van der Waals surface area contributed by atoms with Crippen molar-refractivity contribution in [3.63, 3.8) is 0 Å². The maximum Gasteiger partial charge on any atom is 0.305 e. The molecule has 0 unspecified atom stereocenters. The smallest absolute Gasteiger partial charge is 0.305 e. The zero-order valence-electron chi connectivity index (χ0n) is 16.0. The third-order valence-corrected chi connectivity index (χ3v) is 4.02. The Morgan fingerprint density at radius 3 is 2.16 bits per heavy atom. The number of esters is 1. The molecule has 0 aromatic carbocycles. The highest BCUT2D eigenvalue weighted by molar-refractivity contribution is 6.30. The molecule has 0 saturated heterocycles. The number of carbonyl (C=O) groups is 1. The van der Waals surface area contributed by atoms with Crippen LogP contribution in [-0.4, -0.2) is 36.8 Å². The summed E-state index contributed by atoms with van der Waals surface area (Å²) in [6.07, 6.45) is 14.8. The summed E-state index contributed by atoms with van der Waals surface area (Å²) < 4.78 is 4.61. The number of methoxy groups -OCH3 is 1. The molecule has 0 radical (unpaired) electrons. The fourth-order valence-corrected chi connectivity index (χ4v) is 2.48. The summed E-state index contributed by atoms with van der Waals surface area (Å²) in [5, 5.41) is 15.8. The van der Waals surface area contributed by atoms with E-state index in [1.807, 2.05) is 0 Å². The average Bonchev–Trinajstić information content (AvgIpc) is 2.62. The van der Waals surface area contributed by atoms with Crippen molar-refractivity contribution in [1.82, 2.24) is 0 Å². The van der Waals surface area contributed by atoms with Crippen LogP contribution in [0.1, 0.15) is 90.4 Å². The summed E-state index contributed by atoms with van der Waals surface area (Å²) in [7, 11) is 1.42. The fraction of sp³-hybridized carbons (Fsp3) is 0.842. The standard InChI is InChI=1S/C19H36N2O4/c1-3-4-5-6-10-13-16-25-21-18(17-20-23)14-11-8-7-9-12-15-19(22)24-2/h17,23H,3-16H2,1-2H3. The van der Waals surface area contributed by atoms with Crippen molar-refractivity contribution >= 4 is 17.9 Å². The summed E-state index contributed by atoms with van der Waals surface area (Å²) in [5.74, 6) is -0.143. The Kier molecular flexibility index (Phi) is 17.6. The molecule has 0 aromatic rings. The SMILES string of the molecule is CCCCCCCCON=C(C=NO)CCCCCCCC(=O)OC. The molecule has 1 N–H and O–H groups in total. The van der Waals surface area contributed by atoms with Gasteiger partial charge in [0.15, 0.2) is 0 Å². The Balaban J connectivity index is 3.67. The number of ether oxygens (including phenoxy) is 1. The number of nitrogens with zero attached hydrogens (tertiary/aromatic N) is 2. The number of carbonyl (C=O) groups excluding carboxylic acids is 1. The molecule has 0 aliphatic carbocycles. The van der Waals surface area contributed by atoms with Crippen LogP contribution in [0.25, 0.3) is 0 Å². The predicted octanol–water partition coefficient (Wildman–Crippen LogP) is 5.08. The van der Waals surface area contributed by atoms with Gasteiger partial charge in [0.25, 0.3) is 0 Å². The first-order valence-electron chi connectivity index (χ1n) is 9.67. The molecule has 0 heterocycles. The van der Waals surface area contributed by atoms with E-state index in [0.29, 0.717) is 18.7 Å². The topological polar surface area (TPSA) is 80.5 Å². The van der Waals surface area contributed by atoms with Crippen molar-refractivity contribution in [1.29, 1.82) is 0 Å². The minimum absolute atomic E-state index is 0.143. The molecular weight excluding hydrogens is 320 g/mol. The van der Waals surface area contributed by atoms with Gasteiger partial charge in [0.05, 0.1) is 13.3 Å². The maximum absolute atomic E-state index is 11.0. The molecule has 0 atom stereocenters. The van der Waals surface area contributed by atoms with Crippen molar-refractivity contribution in [2.24, 2.45) is 10.3 Å². The second-order valence-electron chi connectivity index (χ2n) is 6.27. The highest BCUT2D eigenvalue weighted by Crippen LogP contribution is 2.09. The summed E-state index contributed by atoms with van der Waals surface area (Å²) in [6, 6.07) is 0. The lowest BCUT2D eigenvalue weighted by molar-refractivity contribution is -0.140. The minimum atomic E-state index is -0.143. The average molecular weight is 357 g/mol. The van der Waals surface area contributed by atoms with Crippen LogP contribution in [0.4, 0.5) is 0 Å². The number of hydrogen-bond donors (Lipinski definition) is 1. The number of unbranched alkanes of at least 4 members (excludes halogenated alkanes) is 9. The van der Waals surface area contributed by atoms with Gasteiger partial charge in [-0.05, 0) is 32.1 Å². The zero-order chi connectivity index (χ0) is 18.6. The van der Waals surface area contributed by atoms with Crippen molar-refractivity contribution in [3.8, 4) is 0 Å². The van der Waals surface area contributed by atoms with E-state index in [9.17, 15) is 4.79 Å². The van der Waals surface area contributed by atoms with Gasteiger partial charge < -0.3 is 14.8 Å². The van der Waals surface area contributed by atoms with Crippen LogP contribution in [0.5, 0.6) is 0 Å².